The number of phenols is 1. The summed E-state index contributed by atoms with van der Waals surface area (Å²) in [4.78, 5) is 22.1. The van der Waals surface area contributed by atoms with Crippen LogP contribution in [-0.4, -0.2) is 34.9 Å². The number of benzene rings is 2. The van der Waals surface area contributed by atoms with Crippen LogP contribution in [0.1, 0.15) is 41.5 Å². The van der Waals surface area contributed by atoms with Gasteiger partial charge in [-0.05, 0) is 55.5 Å². The van der Waals surface area contributed by atoms with E-state index in [0.29, 0.717) is 12.1 Å². The van der Waals surface area contributed by atoms with Gasteiger partial charge in [0.2, 0.25) is 0 Å². The van der Waals surface area contributed by atoms with Gasteiger partial charge >= 0.3 is 11.9 Å². The monoisotopic (exact) mass is 544 g/mol. The Balaban J connectivity index is 0.000000325. The fraction of sp³-hybridized carbons (Fsp3) is 0.263. The second-order valence-electron chi connectivity index (χ2n) is 6.66. The summed E-state index contributed by atoms with van der Waals surface area (Å²) >= 11 is 1.58. The standard InChI is InChI=1S/C12H13F2IO3.C7H4F2O3/c1-12(2,3)18-11(16)6-5-7(13)8(14)9(15)10(6)17-4;8-4-1-3(7(11)12)6(10)2-5(4)9/h5H,1-4H3;1-2,10H,(H,11,12). The van der Waals surface area contributed by atoms with Crippen molar-refractivity contribution in [1.29, 1.82) is 0 Å². The molecule has 2 rings (SSSR count). The highest BCUT2D eigenvalue weighted by Crippen LogP contribution is 2.31. The van der Waals surface area contributed by atoms with E-state index in [1.807, 2.05) is 0 Å². The average molecular weight is 544 g/mol. The van der Waals surface area contributed by atoms with Gasteiger partial charge in [-0.25, -0.2) is 27.2 Å². The summed E-state index contributed by atoms with van der Waals surface area (Å²) in [6.45, 7) is 5.05. The number of carbonyl (C=O) groups excluding carboxylic acids is 1. The van der Waals surface area contributed by atoms with Crippen molar-refractivity contribution in [3.8, 4) is 11.5 Å². The van der Waals surface area contributed by atoms with Crippen LogP contribution >= 0.6 is 22.6 Å². The molecular weight excluding hydrogens is 527 g/mol. The third-order valence-electron chi connectivity index (χ3n) is 3.21. The molecule has 0 amide bonds. The maximum atomic E-state index is 13.3. The molecule has 2 aromatic carbocycles. The lowest BCUT2D eigenvalue weighted by molar-refractivity contribution is 0.00654. The van der Waals surface area contributed by atoms with Crippen molar-refractivity contribution < 1.29 is 46.8 Å². The zero-order chi connectivity index (χ0) is 23.4. The molecule has 6 nitrogen and oxygen atoms in total. The van der Waals surface area contributed by atoms with E-state index in [0.717, 1.165) is 6.07 Å². The van der Waals surface area contributed by atoms with Crippen molar-refractivity contribution >= 4 is 34.5 Å². The van der Waals surface area contributed by atoms with E-state index in [1.165, 1.54) is 7.11 Å². The first-order valence-corrected chi connectivity index (χ1v) is 9.13. The predicted molar refractivity (Wildman–Crippen MR) is 106 cm³/mol. The Kier molecular flexibility index (Phi) is 8.45. The van der Waals surface area contributed by atoms with Gasteiger partial charge in [0, 0.05) is 6.07 Å². The van der Waals surface area contributed by atoms with Gasteiger partial charge in [0.05, 0.1) is 10.7 Å². The van der Waals surface area contributed by atoms with Crippen LogP contribution in [0, 0.1) is 26.8 Å². The molecule has 0 aliphatic rings. The molecule has 0 saturated heterocycles. The van der Waals surface area contributed by atoms with Crippen molar-refractivity contribution in [2.45, 2.75) is 26.4 Å². The van der Waals surface area contributed by atoms with E-state index in [9.17, 15) is 27.2 Å². The Labute approximate surface area is 182 Å². The minimum atomic E-state index is -1.51. The summed E-state index contributed by atoms with van der Waals surface area (Å²) < 4.78 is 61.3. The topological polar surface area (TPSA) is 93.1 Å². The van der Waals surface area contributed by atoms with Crippen molar-refractivity contribution in [3.63, 3.8) is 0 Å². The molecule has 0 aromatic heterocycles. The van der Waals surface area contributed by atoms with Gasteiger partial charge < -0.3 is 19.7 Å². The average Bonchev–Trinajstić information content (AvgIpc) is 2.61. The largest absolute Gasteiger partial charge is 0.507 e. The molecule has 0 fully saturated rings. The Morgan fingerprint density at radius 2 is 1.47 bits per heavy atom. The SMILES string of the molecule is COc1c(C(=O)OC(C)(C)C)cc(F)c(F)c1I.O=C(O)c1cc(F)c(F)cc1O. The molecule has 0 heterocycles. The first kappa shape index (κ1) is 25.5. The highest BCUT2D eigenvalue weighted by Gasteiger charge is 2.26. The van der Waals surface area contributed by atoms with E-state index in [-0.39, 0.29) is 14.9 Å². The van der Waals surface area contributed by atoms with Crippen LogP contribution in [0.25, 0.3) is 0 Å². The van der Waals surface area contributed by atoms with Crippen LogP contribution in [0.4, 0.5) is 17.6 Å². The second-order valence-corrected chi connectivity index (χ2v) is 7.74. The Bertz CT molecular complexity index is 973. The first-order chi connectivity index (χ1) is 13.7. The van der Waals surface area contributed by atoms with Gasteiger partial charge in [0.1, 0.15) is 28.2 Å². The molecule has 0 bridgehead atoms. The highest BCUT2D eigenvalue weighted by molar-refractivity contribution is 14.1. The van der Waals surface area contributed by atoms with E-state index in [1.54, 1.807) is 43.4 Å². The zero-order valence-electron chi connectivity index (χ0n) is 16.1. The third-order valence-corrected chi connectivity index (χ3v) is 4.17. The number of carboxylic acids is 1. The van der Waals surface area contributed by atoms with Crippen LogP contribution in [-0.2, 0) is 4.74 Å². The number of aromatic carboxylic acids is 1. The number of hydrogen-bond acceptors (Lipinski definition) is 5. The molecule has 30 heavy (non-hydrogen) atoms. The fourth-order valence-corrected chi connectivity index (χ4v) is 2.74. The summed E-state index contributed by atoms with van der Waals surface area (Å²) in [7, 11) is 1.28. The highest BCUT2D eigenvalue weighted by atomic mass is 127. The maximum absolute atomic E-state index is 13.3. The first-order valence-electron chi connectivity index (χ1n) is 8.05. The van der Waals surface area contributed by atoms with Crippen LogP contribution < -0.4 is 4.74 Å². The Morgan fingerprint density at radius 1 is 0.967 bits per heavy atom. The lowest BCUT2D eigenvalue weighted by atomic mass is 10.1. The number of carbonyl (C=O) groups is 2. The van der Waals surface area contributed by atoms with Crippen molar-refractivity contribution in [2.75, 3.05) is 7.11 Å². The minimum Gasteiger partial charge on any atom is -0.507 e. The predicted octanol–water partition coefficient (Wildman–Crippen LogP) is 4.90. The molecule has 164 valence electrons. The quantitative estimate of drug-likeness (QED) is 0.247. The molecule has 0 saturated carbocycles. The molecule has 0 spiro atoms. The number of hydrogen-bond donors (Lipinski definition) is 2. The number of ether oxygens (including phenoxy) is 2. The molecule has 0 unspecified atom stereocenters. The number of esters is 1. The molecule has 0 aliphatic carbocycles. The fourth-order valence-electron chi connectivity index (χ4n) is 1.97. The van der Waals surface area contributed by atoms with Gasteiger partial charge in [0.15, 0.2) is 23.3 Å². The van der Waals surface area contributed by atoms with Gasteiger partial charge in [0.25, 0.3) is 0 Å². The summed E-state index contributed by atoms with van der Waals surface area (Å²) in [6, 6.07) is 1.62. The molecule has 0 aliphatic heterocycles. The molecule has 0 atom stereocenters. The number of rotatable bonds is 3. The van der Waals surface area contributed by atoms with E-state index < -0.39 is 52.1 Å². The lowest BCUT2D eigenvalue weighted by Gasteiger charge is -2.20. The molecule has 0 radical (unpaired) electrons. The van der Waals surface area contributed by atoms with Crippen molar-refractivity contribution in [1.82, 2.24) is 0 Å². The number of methoxy groups -OCH3 is 1. The number of aromatic hydroxyl groups is 1. The van der Waals surface area contributed by atoms with Crippen LogP contribution in [0.15, 0.2) is 18.2 Å². The lowest BCUT2D eigenvalue weighted by Crippen LogP contribution is -2.24. The number of halogens is 5. The zero-order valence-corrected chi connectivity index (χ0v) is 18.3. The molecule has 2 aromatic rings. The summed E-state index contributed by atoms with van der Waals surface area (Å²) in [5, 5.41) is 17.1. The maximum Gasteiger partial charge on any atom is 0.342 e. The third kappa shape index (κ3) is 6.47. The Morgan fingerprint density at radius 3 is 1.93 bits per heavy atom. The van der Waals surface area contributed by atoms with E-state index in [2.05, 4.69) is 0 Å². The molecular formula is C19H17F4IO6. The minimum absolute atomic E-state index is 0.0243. The van der Waals surface area contributed by atoms with Gasteiger partial charge in [-0.1, -0.05) is 0 Å². The van der Waals surface area contributed by atoms with Gasteiger partial charge in [-0.15, -0.1) is 0 Å². The van der Waals surface area contributed by atoms with Crippen molar-refractivity contribution in [3.05, 3.63) is 56.2 Å². The van der Waals surface area contributed by atoms with Crippen LogP contribution in [0.2, 0.25) is 0 Å². The van der Waals surface area contributed by atoms with Gasteiger partial charge in [-0.3, -0.25) is 0 Å². The molecule has 11 heteroatoms. The Hall–Kier alpha value is -2.57. The van der Waals surface area contributed by atoms with Crippen molar-refractivity contribution in [2.24, 2.45) is 0 Å². The smallest absolute Gasteiger partial charge is 0.342 e. The second kappa shape index (κ2) is 9.96. The number of carboxylic acid groups (broad SMARTS) is 1. The van der Waals surface area contributed by atoms with Crippen LogP contribution in [0.3, 0.4) is 0 Å². The van der Waals surface area contributed by atoms with Crippen LogP contribution in [0.5, 0.6) is 11.5 Å². The molecule has 2 N–H and O–H groups in total. The summed E-state index contributed by atoms with van der Waals surface area (Å²) in [6.07, 6.45) is 0. The summed E-state index contributed by atoms with van der Waals surface area (Å²) in [5.41, 5.74) is -1.51. The van der Waals surface area contributed by atoms with E-state index >= 15 is 0 Å². The normalized spacial score (nSPS) is 10.7. The van der Waals surface area contributed by atoms with E-state index in [4.69, 9.17) is 19.7 Å². The van der Waals surface area contributed by atoms with Gasteiger partial charge in [-0.2, -0.15) is 0 Å². The summed E-state index contributed by atoms with van der Waals surface area (Å²) in [5.74, 6) is -7.81.